The van der Waals surface area contributed by atoms with Gasteiger partial charge in [0, 0.05) is 10.6 Å². The topological polar surface area (TPSA) is 50.2 Å². The number of nitrogens with zero attached hydrogens (tertiary/aromatic N) is 1. The molecule has 0 aliphatic rings. The van der Waals surface area contributed by atoms with Crippen LogP contribution in [-0.4, -0.2) is 16.1 Å². The van der Waals surface area contributed by atoms with Crippen LogP contribution in [0.5, 0.6) is 0 Å². The zero-order chi connectivity index (χ0) is 13.4. The number of rotatable bonds is 2. The predicted molar refractivity (Wildman–Crippen MR) is 77.0 cm³/mol. The number of carboxylic acid groups (broad SMARTS) is 1. The number of hydrogen-bond acceptors (Lipinski definition) is 3. The lowest BCUT2D eigenvalue weighted by molar-refractivity contribution is 0.0697. The molecule has 0 amide bonds. The van der Waals surface area contributed by atoms with Crippen LogP contribution in [0.4, 0.5) is 0 Å². The minimum Gasteiger partial charge on any atom is -0.478 e. The molecule has 94 valence electrons. The lowest BCUT2D eigenvalue weighted by Gasteiger charge is -1.94. The molecule has 0 aliphatic heterocycles. The van der Waals surface area contributed by atoms with E-state index in [4.69, 9.17) is 16.7 Å². The number of carboxylic acids is 1. The van der Waals surface area contributed by atoms with Crippen LogP contribution < -0.4 is 0 Å². The monoisotopic (exact) mass is 289 g/mol. The maximum absolute atomic E-state index is 10.9. The molecule has 1 heterocycles. The van der Waals surface area contributed by atoms with Crippen LogP contribution >= 0.6 is 22.9 Å². The molecule has 1 aromatic heterocycles. The third kappa shape index (κ3) is 2.32. The maximum atomic E-state index is 10.9. The fourth-order valence-electron chi connectivity index (χ4n) is 1.77. The van der Waals surface area contributed by atoms with Gasteiger partial charge in [0.2, 0.25) is 0 Å². The van der Waals surface area contributed by atoms with E-state index in [0.717, 1.165) is 20.8 Å². The van der Waals surface area contributed by atoms with Gasteiger partial charge in [0.1, 0.15) is 5.01 Å². The summed E-state index contributed by atoms with van der Waals surface area (Å²) in [6, 6.07) is 12.4. The largest absolute Gasteiger partial charge is 0.478 e. The van der Waals surface area contributed by atoms with Crippen LogP contribution in [0.1, 0.15) is 10.4 Å². The third-order valence-corrected chi connectivity index (χ3v) is 4.05. The van der Waals surface area contributed by atoms with Crippen molar-refractivity contribution < 1.29 is 9.90 Å². The van der Waals surface area contributed by atoms with E-state index in [2.05, 4.69) is 4.98 Å². The van der Waals surface area contributed by atoms with E-state index < -0.39 is 5.97 Å². The van der Waals surface area contributed by atoms with Gasteiger partial charge >= 0.3 is 5.97 Å². The Morgan fingerprint density at radius 2 is 1.89 bits per heavy atom. The van der Waals surface area contributed by atoms with Gasteiger partial charge in [0.05, 0.1) is 15.8 Å². The Morgan fingerprint density at radius 1 is 1.16 bits per heavy atom. The molecule has 5 heteroatoms. The van der Waals surface area contributed by atoms with E-state index in [1.54, 1.807) is 18.2 Å². The Kier molecular flexibility index (Phi) is 2.97. The van der Waals surface area contributed by atoms with Crippen LogP contribution in [0.25, 0.3) is 20.8 Å². The summed E-state index contributed by atoms with van der Waals surface area (Å²) in [5.74, 6) is -0.927. The number of thiazole rings is 1. The first-order valence-electron chi connectivity index (χ1n) is 5.53. The Bertz CT molecular complexity index is 765. The highest BCUT2D eigenvalue weighted by Gasteiger charge is 2.09. The van der Waals surface area contributed by atoms with Crippen molar-refractivity contribution in [3.63, 3.8) is 0 Å². The number of fused-ring (bicyclic) bond motifs is 1. The summed E-state index contributed by atoms with van der Waals surface area (Å²) in [4.78, 5) is 15.4. The number of benzene rings is 2. The SMILES string of the molecule is O=C(O)c1ccc2nc(-c3ccc(Cl)cc3)sc2c1. The van der Waals surface area contributed by atoms with Gasteiger partial charge < -0.3 is 5.11 Å². The molecular weight excluding hydrogens is 282 g/mol. The summed E-state index contributed by atoms with van der Waals surface area (Å²) in [6.45, 7) is 0. The van der Waals surface area contributed by atoms with Crippen molar-refractivity contribution in [1.82, 2.24) is 4.98 Å². The second-order valence-corrected chi connectivity index (χ2v) is 5.48. The molecule has 0 atom stereocenters. The molecule has 0 radical (unpaired) electrons. The first-order chi connectivity index (χ1) is 9.13. The number of carbonyl (C=O) groups is 1. The van der Waals surface area contributed by atoms with Gasteiger partial charge in [-0.05, 0) is 30.3 Å². The molecule has 19 heavy (non-hydrogen) atoms. The number of aromatic nitrogens is 1. The molecule has 3 rings (SSSR count). The molecule has 3 nitrogen and oxygen atoms in total. The summed E-state index contributed by atoms with van der Waals surface area (Å²) in [6.07, 6.45) is 0. The van der Waals surface area contributed by atoms with Crippen molar-refractivity contribution in [3.05, 3.63) is 53.1 Å². The van der Waals surface area contributed by atoms with Gasteiger partial charge in [0.25, 0.3) is 0 Å². The highest BCUT2D eigenvalue weighted by molar-refractivity contribution is 7.21. The minimum absolute atomic E-state index is 0.277. The Labute approximate surface area is 118 Å². The van der Waals surface area contributed by atoms with Gasteiger partial charge in [-0.25, -0.2) is 9.78 Å². The molecule has 0 saturated carbocycles. The summed E-state index contributed by atoms with van der Waals surface area (Å²) < 4.78 is 0.866. The molecule has 1 N–H and O–H groups in total. The summed E-state index contributed by atoms with van der Waals surface area (Å²) >= 11 is 7.32. The standard InChI is InChI=1S/C14H8ClNO2S/c15-10-4-1-8(2-5-10)13-16-11-6-3-9(14(17)18)7-12(11)19-13/h1-7H,(H,17,18). The van der Waals surface area contributed by atoms with E-state index in [-0.39, 0.29) is 5.56 Å². The van der Waals surface area contributed by atoms with E-state index in [1.807, 2.05) is 24.3 Å². The highest BCUT2D eigenvalue weighted by Crippen LogP contribution is 2.31. The van der Waals surface area contributed by atoms with Gasteiger partial charge in [-0.2, -0.15) is 0 Å². The first-order valence-corrected chi connectivity index (χ1v) is 6.73. The average molecular weight is 290 g/mol. The van der Waals surface area contributed by atoms with Gasteiger partial charge in [-0.15, -0.1) is 11.3 Å². The van der Waals surface area contributed by atoms with E-state index in [1.165, 1.54) is 11.3 Å². The lowest BCUT2D eigenvalue weighted by atomic mass is 10.2. The lowest BCUT2D eigenvalue weighted by Crippen LogP contribution is -1.94. The number of aromatic carboxylic acids is 1. The van der Waals surface area contributed by atoms with Crippen LogP contribution in [0, 0.1) is 0 Å². The van der Waals surface area contributed by atoms with Crippen molar-refractivity contribution >= 4 is 39.1 Å². The van der Waals surface area contributed by atoms with Crippen LogP contribution in [0.3, 0.4) is 0 Å². The Balaban J connectivity index is 2.11. The maximum Gasteiger partial charge on any atom is 0.335 e. The van der Waals surface area contributed by atoms with E-state index >= 15 is 0 Å². The zero-order valence-corrected chi connectivity index (χ0v) is 11.2. The molecule has 2 aromatic carbocycles. The molecular formula is C14H8ClNO2S. The van der Waals surface area contributed by atoms with Gasteiger partial charge in [0.15, 0.2) is 0 Å². The zero-order valence-electron chi connectivity index (χ0n) is 9.63. The summed E-state index contributed by atoms with van der Waals surface area (Å²) in [5.41, 5.74) is 2.06. The minimum atomic E-state index is -0.927. The van der Waals surface area contributed by atoms with Crippen molar-refractivity contribution in [2.45, 2.75) is 0 Å². The quantitative estimate of drug-likeness (QED) is 0.764. The molecule has 0 spiro atoms. The van der Waals surface area contributed by atoms with E-state index in [0.29, 0.717) is 5.02 Å². The Morgan fingerprint density at radius 3 is 2.58 bits per heavy atom. The highest BCUT2D eigenvalue weighted by atomic mass is 35.5. The van der Waals surface area contributed by atoms with Crippen molar-refractivity contribution in [1.29, 1.82) is 0 Å². The molecule has 0 unspecified atom stereocenters. The fourth-order valence-corrected chi connectivity index (χ4v) is 2.91. The molecule has 3 aromatic rings. The number of halogens is 1. The second-order valence-electron chi connectivity index (χ2n) is 4.01. The van der Waals surface area contributed by atoms with Crippen LogP contribution in [0.2, 0.25) is 5.02 Å². The molecule has 0 aliphatic carbocycles. The van der Waals surface area contributed by atoms with Crippen molar-refractivity contribution in [3.8, 4) is 10.6 Å². The normalized spacial score (nSPS) is 10.8. The smallest absolute Gasteiger partial charge is 0.335 e. The first kappa shape index (κ1) is 12.1. The van der Waals surface area contributed by atoms with Crippen molar-refractivity contribution in [2.75, 3.05) is 0 Å². The summed E-state index contributed by atoms with van der Waals surface area (Å²) in [5, 5.41) is 10.5. The predicted octanol–water partition coefficient (Wildman–Crippen LogP) is 4.31. The van der Waals surface area contributed by atoms with E-state index in [9.17, 15) is 4.79 Å². The fraction of sp³-hybridized carbons (Fsp3) is 0. The molecule has 0 saturated heterocycles. The second kappa shape index (κ2) is 4.64. The third-order valence-electron chi connectivity index (χ3n) is 2.73. The average Bonchev–Trinajstić information content (AvgIpc) is 2.82. The summed E-state index contributed by atoms with van der Waals surface area (Å²) in [7, 11) is 0. The van der Waals surface area contributed by atoms with Crippen LogP contribution in [0.15, 0.2) is 42.5 Å². The Hall–Kier alpha value is -1.91. The van der Waals surface area contributed by atoms with Gasteiger partial charge in [-0.1, -0.05) is 23.7 Å². The molecule has 0 bridgehead atoms. The van der Waals surface area contributed by atoms with Crippen LogP contribution in [-0.2, 0) is 0 Å². The number of hydrogen-bond donors (Lipinski definition) is 1. The van der Waals surface area contributed by atoms with Gasteiger partial charge in [-0.3, -0.25) is 0 Å². The van der Waals surface area contributed by atoms with Crippen molar-refractivity contribution in [2.24, 2.45) is 0 Å². The molecule has 0 fully saturated rings.